The molecule has 0 aliphatic carbocycles. The van der Waals surface area contributed by atoms with Crippen LogP contribution in [0.1, 0.15) is 20.8 Å². The molecule has 0 amide bonds. The Labute approximate surface area is 117 Å². The van der Waals surface area contributed by atoms with E-state index in [1.165, 1.54) is 0 Å². The van der Waals surface area contributed by atoms with Crippen LogP contribution in [-0.4, -0.2) is 28.9 Å². The number of nitrogen functional groups attached to an aromatic ring is 1. The van der Waals surface area contributed by atoms with Crippen molar-refractivity contribution >= 4 is 28.9 Å². The molecule has 0 aliphatic rings. The van der Waals surface area contributed by atoms with Gasteiger partial charge in [0.1, 0.15) is 0 Å². The van der Waals surface area contributed by atoms with Gasteiger partial charge in [0.05, 0.1) is 28.9 Å². The van der Waals surface area contributed by atoms with Gasteiger partial charge < -0.3 is 15.7 Å². The fourth-order valence-electron chi connectivity index (χ4n) is 1.35. The Morgan fingerprint density at radius 3 is 2.17 bits per heavy atom. The molecule has 0 bridgehead atoms. The van der Waals surface area contributed by atoms with Gasteiger partial charge in [0.15, 0.2) is 5.75 Å². The zero-order chi connectivity index (χ0) is 13.9. The monoisotopic (exact) mass is 292 g/mol. The minimum absolute atomic E-state index is 0.00624. The first kappa shape index (κ1) is 15.4. The van der Waals surface area contributed by atoms with Crippen LogP contribution in [0, 0.1) is 0 Å². The van der Waals surface area contributed by atoms with Crippen molar-refractivity contribution in [2.45, 2.75) is 26.3 Å². The maximum Gasteiger partial charge on any atom is 0.150 e. The normalized spacial score (nSPS) is 11.9. The van der Waals surface area contributed by atoms with Crippen molar-refractivity contribution in [2.24, 2.45) is 0 Å². The highest BCUT2D eigenvalue weighted by Gasteiger charge is 2.23. The number of rotatable bonds is 4. The second-order valence-electron chi connectivity index (χ2n) is 4.89. The number of hydrogen-bond donors (Lipinski definition) is 2. The molecule has 0 aliphatic heterocycles. The van der Waals surface area contributed by atoms with E-state index in [1.54, 1.807) is 17.2 Å². The molecule has 6 heteroatoms. The van der Waals surface area contributed by atoms with E-state index in [0.29, 0.717) is 28.0 Å². The largest absolute Gasteiger partial charge is 0.405 e. The van der Waals surface area contributed by atoms with Crippen molar-refractivity contribution in [3.63, 3.8) is 0 Å². The first-order valence-corrected chi connectivity index (χ1v) is 6.32. The molecule has 102 valence electrons. The predicted octanol–water partition coefficient (Wildman–Crippen LogP) is 2.96. The molecule has 4 nitrogen and oxygen atoms in total. The molecule has 18 heavy (non-hydrogen) atoms. The molecule has 1 aromatic carbocycles. The summed E-state index contributed by atoms with van der Waals surface area (Å²) in [6.45, 7) is 6.30. The highest BCUT2D eigenvalue weighted by atomic mass is 35.5. The van der Waals surface area contributed by atoms with E-state index in [4.69, 9.17) is 38.9 Å². The van der Waals surface area contributed by atoms with Gasteiger partial charge in [-0.25, -0.2) is 0 Å². The molecule has 0 saturated heterocycles. The van der Waals surface area contributed by atoms with Gasteiger partial charge in [0.25, 0.3) is 0 Å². The Morgan fingerprint density at radius 1 is 1.28 bits per heavy atom. The average molecular weight is 293 g/mol. The summed E-state index contributed by atoms with van der Waals surface area (Å²) in [4.78, 5) is 5.68. The molecule has 0 atom stereocenters. The first-order chi connectivity index (χ1) is 8.25. The number of anilines is 1. The molecule has 0 spiro atoms. The number of hydrogen-bond acceptors (Lipinski definition) is 4. The maximum atomic E-state index is 9.04. The summed E-state index contributed by atoms with van der Waals surface area (Å²) in [7, 11) is 0. The SMILES string of the molecule is CC(C)(C)N(CCO)Oc1cc(Cl)c(N)c(Cl)c1. The fraction of sp³-hybridized carbons (Fsp3) is 0.500. The number of nitrogens with two attached hydrogens (primary N) is 1. The Morgan fingerprint density at radius 2 is 1.78 bits per heavy atom. The van der Waals surface area contributed by atoms with Crippen molar-refractivity contribution in [3.8, 4) is 5.75 Å². The van der Waals surface area contributed by atoms with Crippen LogP contribution < -0.4 is 10.6 Å². The number of halogens is 2. The van der Waals surface area contributed by atoms with Crippen molar-refractivity contribution in [3.05, 3.63) is 22.2 Å². The number of β-amino-alcohol motifs (C(OH)–C–C–N with tert-alkyl or cyclic N) is 1. The van der Waals surface area contributed by atoms with Crippen LogP contribution in [0.2, 0.25) is 10.0 Å². The molecule has 0 aromatic heterocycles. The minimum atomic E-state index is -0.261. The van der Waals surface area contributed by atoms with E-state index in [2.05, 4.69) is 0 Å². The van der Waals surface area contributed by atoms with Gasteiger partial charge >= 0.3 is 0 Å². The Kier molecular flexibility index (Phi) is 5.10. The van der Waals surface area contributed by atoms with Crippen LogP contribution in [0.5, 0.6) is 5.75 Å². The molecule has 0 saturated carbocycles. The van der Waals surface area contributed by atoms with E-state index in [9.17, 15) is 0 Å². The predicted molar refractivity (Wildman–Crippen MR) is 75.0 cm³/mol. The fourth-order valence-corrected chi connectivity index (χ4v) is 1.82. The van der Waals surface area contributed by atoms with Gasteiger partial charge in [-0.15, -0.1) is 5.06 Å². The summed E-state index contributed by atoms with van der Waals surface area (Å²) in [6.07, 6.45) is 0. The lowest BCUT2D eigenvalue weighted by molar-refractivity contribution is -0.132. The molecule has 1 aromatic rings. The van der Waals surface area contributed by atoms with E-state index in [0.717, 1.165) is 0 Å². The van der Waals surface area contributed by atoms with Crippen LogP contribution in [0.4, 0.5) is 5.69 Å². The number of aliphatic hydroxyl groups is 1. The summed E-state index contributed by atoms with van der Waals surface area (Å²) in [5.41, 5.74) is 5.72. The number of aliphatic hydroxyl groups excluding tert-OH is 1. The highest BCUT2D eigenvalue weighted by Crippen LogP contribution is 2.33. The molecule has 0 unspecified atom stereocenters. The summed E-state index contributed by atoms with van der Waals surface area (Å²) in [5, 5.41) is 11.4. The second-order valence-corrected chi connectivity index (χ2v) is 5.70. The van der Waals surface area contributed by atoms with Gasteiger partial charge in [-0.05, 0) is 20.8 Å². The third-order valence-electron chi connectivity index (χ3n) is 2.32. The molecule has 1 rings (SSSR count). The van der Waals surface area contributed by atoms with Crippen LogP contribution in [0.15, 0.2) is 12.1 Å². The molecule has 0 radical (unpaired) electrons. The topological polar surface area (TPSA) is 58.7 Å². The molecular formula is C12H18Cl2N2O2. The summed E-state index contributed by atoms with van der Waals surface area (Å²) in [6, 6.07) is 3.19. The van der Waals surface area contributed by atoms with Crippen molar-refractivity contribution in [1.82, 2.24) is 5.06 Å². The lowest BCUT2D eigenvalue weighted by atomic mass is 10.1. The third kappa shape index (κ3) is 3.92. The highest BCUT2D eigenvalue weighted by molar-refractivity contribution is 6.39. The van der Waals surface area contributed by atoms with Crippen LogP contribution in [0.25, 0.3) is 0 Å². The van der Waals surface area contributed by atoms with Gasteiger partial charge in [0, 0.05) is 17.7 Å². The summed E-state index contributed by atoms with van der Waals surface area (Å²) < 4.78 is 0. The zero-order valence-corrected chi connectivity index (χ0v) is 12.2. The van der Waals surface area contributed by atoms with Crippen molar-refractivity contribution < 1.29 is 9.94 Å². The average Bonchev–Trinajstić information content (AvgIpc) is 2.24. The Bertz CT molecular complexity index is 396. The van der Waals surface area contributed by atoms with Gasteiger partial charge in [0.2, 0.25) is 0 Å². The number of hydroxylamine groups is 2. The van der Waals surface area contributed by atoms with Crippen LogP contribution in [-0.2, 0) is 0 Å². The third-order valence-corrected chi connectivity index (χ3v) is 2.94. The van der Waals surface area contributed by atoms with E-state index in [-0.39, 0.29) is 12.1 Å². The number of benzene rings is 1. The van der Waals surface area contributed by atoms with E-state index in [1.807, 2.05) is 20.8 Å². The van der Waals surface area contributed by atoms with Crippen molar-refractivity contribution in [2.75, 3.05) is 18.9 Å². The van der Waals surface area contributed by atoms with E-state index < -0.39 is 0 Å². The zero-order valence-electron chi connectivity index (χ0n) is 10.7. The lowest BCUT2D eigenvalue weighted by Gasteiger charge is -2.34. The minimum Gasteiger partial charge on any atom is -0.405 e. The summed E-state index contributed by atoms with van der Waals surface area (Å²) in [5.74, 6) is 0.488. The van der Waals surface area contributed by atoms with Crippen LogP contribution >= 0.6 is 23.2 Å². The maximum absolute atomic E-state index is 9.04. The van der Waals surface area contributed by atoms with Gasteiger partial charge in [-0.2, -0.15) is 0 Å². The lowest BCUT2D eigenvalue weighted by Crippen LogP contribution is -2.45. The van der Waals surface area contributed by atoms with Crippen LogP contribution in [0.3, 0.4) is 0 Å². The molecule has 0 fully saturated rings. The van der Waals surface area contributed by atoms with Crippen molar-refractivity contribution in [1.29, 1.82) is 0 Å². The quantitative estimate of drug-likeness (QED) is 0.662. The van der Waals surface area contributed by atoms with Gasteiger partial charge in [-0.3, -0.25) is 0 Å². The first-order valence-electron chi connectivity index (χ1n) is 5.56. The summed E-state index contributed by atoms with van der Waals surface area (Å²) >= 11 is 11.9. The molecule has 3 N–H and O–H groups in total. The van der Waals surface area contributed by atoms with Gasteiger partial charge in [-0.1, -0.05) is 23.2 Å². The Balaban J connectivity index is 2.94. The second kappa shape index (κ2) is 5.97. The Hall–Kier alpha value is -0.680. The number of nitrogens with zero attached hydrogens (tertiary/aromatic N) is 1. The standard InChI is InChI=1S/C12H18Cl2N2O2/c1-12(2,3)16(4-5-17)18-8-6-9(13)11(15)10(14)7-8/h6-7,17H,4-5,15H2,1-3H3. The van der Waals surface area contributed by atoms with E-state index >= 15 is 0 Å². The molecular weight excluding hydrogens is 275 g/mol. The smallest absolute Gasteiger partial charge is 0.150 e. The molecule has 0 heterocycles.